The summed E-state index contributed by atoms with van der Waals surface area (Å²) in [5.41, 5.74) is 1.30. The molecule has 1 fully saturated rings. The van der Waals surface area contributed by atoms with Gasteiger partial charge in [-0.2, -0.15) is 0 Å². The predicted molar refractivity (Wildman–Crippen MR) is 98.3 cm³/mol. The van der Waals surface area contributed by atoms with Crippen LogP contribution >= 0.6 is 11.8 Å². The van der Waals surface area contributed by atoms with Crippen LogP contribution in [0.3, 0.4) is 0 Å². The van der Waals surface area contributed by atoms with Crippen LogP contribution in [0.15, 0.2) is 65.6 Å². The van der Waals surface area contributed by atoms with Gasteiger partial charge in [0.25, 0.3) is 0 Å². The Hall–Kier alpha value is -1.49. The van der Waals surface area contributed by atoms with E-state index < -0.39 is 0 Å². The largest absolute Gasteiger partial charge is 0.391 e. The molecule has 2 aromatic carbocycles. The van der Waals surface area contributed by atoms with Crippen molar-refractivity contribution in [3.8, 4) is 0 Å². The molecule has 0 spiro atoms. The summed E-state index contributed by atoms with van der Waals surface area (Å²) in [5, 5.41) is 10.3. The number of piperazine rings is 1. The molecule has 0 amide bonds. The SMILES string of the molecule is O[C@H](CSc1ccccc1)CN1CCN(c2ccccc2)CC1. The van der Waals surface area contributed by atoms with E-state index >= 15 is 0 Å². The molecule has 1 heterocycles. The number of hydrogen-bond acceptors (Lipinski definition) is 4. The van der Waals surface area contributed by atoms with E-state index in [0.29, 0.717) is 0 Å². The van der Waals surface area contributed by atoms with Gasteiger partial charge in [-0.05, 0) is 24.3 Å². The second-order valence-corrected chi connectivity index (χ2v) is 6.99. The highest BCUT2D eigenvalue weighted by atomic mass is 32.2. The van der Waals surface area contributed by atoms with Gasteiger partial charge in [0.15, 0.2) is 0 Å². The van der Waals surface area contributed by atoms with Crippen molar-refractivity contribution in [2.75, 3.05) is 43.4 Å². The van der Waals surface area contributed by atoms with E-state index in [9.17, 15) is 5.11 Å². The summed E-state index contributed by atoms with van der Waals surface area (Å²) in [7, 11) is 0. The van der Waals surface area contributed by atoms with Gasteiger partial charge < -0.3 is 10.0 Å². The van der Waals surface area contributed by atoms with Gasteiger partial charge in [0.2, 0.25) is 0 Å². The summed E-state index contributed by atoms with van der Waals surface area (Å²) in [5.74, 6) is 0.753. The number of para-hydroxylation sites is 1. The van der Waals surface area contributed by atoms with Gasteiger partial charge in [-0.3, -0.25) is 4.90 Å². The molecule has 0 aromatic heterocycles. The first-order valence-corrected chi connectivity index (χ1v) is 9.18. The molecule has 4 heteroatoms. The Morgan fingerprint density at radius 1 is 0.870 bits per heavy atom. The minimum Gasteiger partial charge on any atom is -0.391 e. The zero-order valence-electron chi connectivity index (χ0n) is 13.3. The van der Waals surface area contributed by atoms with Crippen molar-refractivity contribution >= 4 is 17.4 Å². The highest BCUT2D eigenvalue weighted by Crippen LogP contribution is 2.19. The smallest absolute Gasteiger partial charge is 0.0760 e. The summed E-state index contributed by atoms with van der Waals surface area (Å²) in [4.78, 5) is 6.01. The van der Waals surface area contributed by atoms with Crippen LogP contribution in [0.4, 0.5) is 5.69 Å². The van der Waals surface area contributed by atoms with E-state index in [1.54, 1.807) is 11.8 Å². The minimum absolute atomic E-state index is 0.275. The third-order valence-corrected chi connectivity index (χ3v) is 5.31. The first-order chi connectivity index (χ1) is 11.3. The van der Waals surface area contributed by atoms with Crippen LogP contribution in [0.5, 0.6) is 0 Å². The summed E-state index contributed by atoms with van der Waals surface area (Å²) in [6.07, 6.45) is -0.275. The molecule has 2 aromatic rings. The van der Waals surface area contributed by atoms with Gasteiger partial charge in [-0.1, -0.05) is 36.4 Å². The van der Waals surface area contributed by atoms with E-state index in [1.165, 1.54) is 10.6 Å². The fraction of sp³-hybridized carbons (Fsp3) is 0.368. The third-order valence-electron chi connectivity index (χ3n) is 4.15. The summed E-state index contributed by atoms with van der Waals surface area (Å²) >= 11 is 1.73. The molecular formula is C19H24N2OS. The number of thioether (sulfide) groups is 1. The second kappa shape index (κ2) is 8.39. The van der Waals surface area contributed by atoms with Gasteiger partial charge in [0.1, 0.15) is 0 Å². The number of benzene rings is 2. The van der Waals surface area contributed by atoms with E-state index in [2.05, 4.69) is 52.3 Å². The fourth-order valence-corrected chi connectivity index (χ4v) is 3.73. The number of β-amino-alcohol motifs (C(OH)–C–C–N with tert-alkyl or cyclic N) is 1. The van der Waals surface area contributed by atoms with Crippen LogP contribution in [0.1, 0.15) is 0 Å². The number of hydrogen-bond donors (Lipinski definition) is 1. The number of aliphatic hydroxyl groups is 1. The van der Waals surface area contributed by atoms with Crippen LogP contribution in [0.25, 0.3) is 0 Å². The highest BCUT2D eigenvalue weighted by molar-refractivity contribution is 7.99. The molecular weight excluding hydrogens is 304 g/mol. The van der Waals surface area contributed by atoms with Crippen molar-refractivity contribution < 1.29 is 5.11 Å². The molecule has 3 nitrogen and oxygen atoms in total. The van der Waals surface area contributed by atoms with Crippen LogP contribution in [0, 0.1) is 0 Å². The Labute approximate surface area is 142 Å². The average Bonchev–Trinajstić information content (AvgIpc) is 2.62. The third kappa shape index (κ3) is 4.99. The first-order valence-electron chi connectivity index (χ1n) is 8.19. The molecule has 0 radical (unpaired) electrons. The minimum atomic E-state index is -0.275. The first kappa shape index (κ1) is 16.4. The maximum absolute atomic E-state index is 10.3. The lowest BCUT2D eigenvalue weighted by Gasteiger charge is -2.36. The lowest BCUT2D eigenvalue weighted by atomic mass is 10.2. The number of rotatable bonds is 6. The average molecular weight is 328 g/mol. The van der Waals surface area contributed by atoms with Crippen LogP contribution in [0.2, 0.25) is 0 Å². The highest BCUT2D eigenvalue weighted by Gasteiger charge is 2.19. The summed E-state index contributed by atoms with van der Waals surface area (Å²) < 4.78 is 0. The van der Waals surface area contributed by atoms with Crippen molar-refractivity contribution in [3.63, 3.8) is 0 Å². The summed E-state index contributed by atoms with van der Waals surface area (Å²) in [6.45, 7) is 4.86. The standard InChI is InChI=1S/C19H24N2OS/c22-18(16-23-19-9-5-2-6-10-19)15-20-11-13-21(14-12-20)17-7-3-1-4-8-17/h1-10,18,22H,11-16H2/t18-/m0/s1. The molecule has 1 aliphatic heterocycles. The summed E-state index contributed by atoms with van der Waals surface area (Å²) in [6, 6.07) is 20.9. The number of aliphatic hydroxyl groups excluding tert-OH is 1. The van der Waals surface area contributed by atoms with Gasteiger partial charge in [-0.15, -0.1) is 11.8 Å². The van der Waals surface area contributed by atoms with Gasteiger partial charge in [0, 0.05) is 49.1 Å². The predicted octanol–water partition coefficient (Wildman–Crippen LogP) is 2.96. The topological polar surface area (TPSA) is 26.7 Å². The Morgan fingerprint density at radius 3 is 2.13 bits per heavy atom. The Balaban J connectivity index is 1.40. The molecule has 1 N–H and O–H groups in total. The Morgan fingerprint density at radius 2 is 1.48 bits per heavy atom. The van der Waals surface area contributed by atoms with Gasteiger partial charge in [-0.25, -0.2) is 0 Å². The van der Waals surface area contributed by atoms with Crippen LogP contribution < -0.4 is 4.90 Å². The van der Waals surface area contributed by atoms with E-state index in [1.807, 2.05) is 18.2 Å². The van der Waals surface area contributed by atoms with Crippen molar-refractivity contribution in [2.24, 2.45) is 0 Å². The normalized spacial score (nSPS) is 17.2. The maximum Gasteiger partial charge on any atom is 0.0760 e. The van der Waals surface area contributed by atoms with Gasteiger partial charge >= 0.3 is 0 Å². The second-order valence-electron chi connectivity index (χ2n) is 5.90. The van der Waals surface area contributed by atoms with Crippen molar-refractivity contribution in [1.82, 2.24) is 4.90 Å². The monoisotopic (exact) mass is 328 g/mol. The number of anilines is 1. The lowest BCUT2D eigenvalue weighted by molar-refractivity contribution is 0.126. The molecule has 23 heavy (non-hydrogen) atoms. The zero-order valence-corrected chi connectivity index (χ0v) is 14.2. The van der Waals surface area contributed by atoms with Gasteiger partial charge in [0.05, 0.1) is 6.10 Å². The molecule has 1 atom stereocenters. The fourth-order valence-electron chi connectivity index (χ4n) is 2.89. The number of nitrogens with zero attached hydrogens (tertiary/aromatic N) is 2. The van der Waals surface area contributed by atoms with Crippen LogP contribution in [-0.4, -0.2) is 54.6 Å². The molecule has 0 bridgehead atoms. The van der Waals surface area contributed by atoms with Crippen molar-refractivity contribution in [3.05, 3.63) is 60.7 Å². The molecule has 0 aliphatic carbocycles. The zero-order chi connectivity index (χ0) is 15.9. The van der Waals surface area contributed by atoms with E-state index in [0.717, 1.165) is 38.5 Å². The molecule has 0 unspecified atom stereocenters. The molecule has 1 saturated heterocycles. The lowest BCUT2D eigenvalue weighted by Crippen LogP contribution is -2.48. The Bertz CT molecular complexity index is 570. The molecule has 1 aliphatic rings. The molecule has 0 saturated carbocycles. The van der Waals surface area contributed by atoms with Crippen molar-refractivity contribution in [1.29, 1.82) is 0 Å². The molecule has 122 valence electrons. The Kier molecular flexibility index (Phi) is 5.97. The quantitative estimate of drug-likeness (QED) is 0.825. The van der Waals surface area contributed by atoms with E-state index in [-0.39, 0.29) is 6.10 Å². The van der Waals surface area contributed by atoms with Crippen LogP contribution in [-0.2, 0) is 0 Å². The maximum atomic E-state index is 10.3. The van der Waals surface area contributed by atoms with E-state index in [4.69, 9.17) is 0 Å². The van der Waals surface area contributed by atoms with Crippen molar-refractivity contribution in [2.45, 2.75) is 11.0 Å². The molecule has 3 rings (SSSR count).